The summed E-state index contributed by atoms with van der Waals surface area (Å²) in [6.45, 7) is 10.1. The number of ether oxygens (including phenoxy) is 1. The molecule has 2 aliphatic heterocycles. The van der Waals surface area contributed by atoms with Crippen LogP contribution in [-0.2, 0) is 9.53 Å². The normalized spacial score (nSPS) is 36.9. The van der Waals surface area contributed by atoms with E-state index in [1.54, 1.807) is 0 Å². The molecule has 1 N–H and O–H groups in total. The van der Waals surface area contributed by atoms with Crippen LogP contribution < -0.4 is 5.32 Å². The van der Waals surface area contributed by atoms with Crippen molar-refractivity contribution in [1.29, 1.82) is 0 Å². The maximum atomic E-state index is 12.4. The third kappa shape index (κ3) is 2.54. The molecule has 1 amide bonds. The summed E-state index contributed by atoms with van der Waals surface area (Å²) in [6, 6.07) is -0.00687. The molecule has 2 rings (SSSR count). The number of rotatable bonds is 4. The Bertz CT molecular complexity index is 306. The molecule has 4 heteroatoms. The number of nitrogens with one attached hydrogen (secondary N) is 1. The highest BCUT2D eigenvalue weighted by atomic mass is 16.5. The van der Waals surface area contributed by atoms with Crippen LogP contribution in [0.15, 0.2) is 0 Å². The Hall–Kier alpha value is -0.610. The fourth-order valence-corrected chi connectivity index (χ4v) is 3.00. The van der Waals surface area contributed by atoms with E-state index in [9.17, 15) is 4.79 Å². The van der Waals surface area contributed by atoms with Gasteiger partial charge in [0.05, 0.1) is 18.3 Å². The fourth-order valence-electron chi connectivity index (χ4n) is 3.00. The highest BCUT2D eigenvalue weighted by Gasteiger charge is 2.41. The summed E-state index contributed by atoms with van der Waals surface area (Å²) in [7, 11) is 0. The zero-order valence-corrected chi connectivity index (χ0v) is 12.0. The van der Waals surface area contributed by atoms with Gasteiger partial charge < -0.3 is 9.64 Å². The lowest BCUT2D eigenvalue weighted by atomic mass is 10.0. The monoisotopic (exact) mass is 254 g/mol. The minimum Gasteiger partial charge on any atom is -0.378 e. The predicted molar refractivity (Wildman–Crippen MR) is 71.1 cm³/mol. The average molecular weight is 254 g/mol. The van der Waals surface area contributed by atoms with Gasteiger partial charge in [-0.25, -0.2) is 0 Å². The first-order chi connectivity index (χ1) is 8.54. The van der Waals surface area contributed by atoms with E-state index in [0.717, 1.165) is 26.0 Å². The predicted octanol–water partition coefficient (Wildman–Crippen LogP) is 1.60. The first-order valence-electron chi connectivity index (χ1n) is 7.22. The molecular weight excluding hydrogens is 228 g/mol. The maximum Gasteiger partial charge on any atom is 0.241 e. The molecule has 0 spiro atoms. The van der Waals surface area contributed by atoms with Crippen LogP contribution in [0.4, 0.5) is 0 Å². The molecule has 2 saturated heterocycles. The van der Waals surface area contributed by atoms with Gasteiger partial charge in [0.25, 0.3) is 0 Å². The molecular formula is C14H26N2O2. The van der Waals surface area contributed by atoms with Gasteiger partial charge in [-0.3, -0.25) is 10.1 Å². The molecule has 4 unspecified atom stereocenters. The Balaban J connectivity index is 2.03. The lowest BCUT2D eigenvalue weighted by Gasteiger charge is -2.27. The van der Waals surface area contributed by atoms with Crippen molar-refractivity contribution in [1.82, 2.24) is 10.2 Å². The van der Waals surface area contributed by atoms with Crippen LogP contribution in [0, 0.1) is 11.8 Å². The van der Waals surface area contributed by atoms with Crippen LogP contribution >= 0.6 is 0 Å². The van der Waals surface area contributed by atoms with Crippen molar-refractivity contribution in [2.75, 3.05) is 13.2 Å². The molecule has 0 aromatic carbocycles. The summed E-state index contributed by atoms with van der Waals surface area (Å²) < 4.78 is 5.60. The Labute approximate surface area is 110 Å². The Morgan fingerprint density at radius 3 is 2.72 bits per heavy atom. The quantitative estimate of drug-likeness (QED) is 0.828. The van der Waals surface area contributed by atoms with Crippen molar-refractivity contribution in [3.05, 3.63) is 0 Å². The number of carbonyl (C=O) groups is 1. The Kier molecular flexibility index (Phi) is 4.28. The van der Waals surface area contributed by atoms with E-state index in [0.29, 0.717) is 11.8 Å². The molecule has 0 radical (unpaired) electrons. The van der Waals surface area contributed by atoms with Crippen molar-refractivity contribution in [2.24, 2.45) is 11.8 Å². The van der Waals surface area contributed by atoms with Gasteiger partial charge in [-0.1, -0.05) is 20.8 Å². The van der Waals surface area contributed by atoms with Gasteiger partial charge >= 0.3 is 0 Å². The number of carbonyl (C=O) groups excluding carboxylic acids is 1. The zero-order chi connectivity index (χ0) is 13.3. The van der Waals surface area contributed by atoms with Gasteiger partial charge in [0.2, 0.25) is 5.91 Å². The summed E-state index contributed by atoms with van der Waals surface area (Å²) in [5, 5.41) is 3.46. The molecule has 0 saturated carbocycles. The van der Waals surface area contributed by atoms with Gasteiger partial charge in [0.15, 0.2) is 0 Å². The molecule has 2 heterocycles. The van der Waals surface area contributed by atoms with Gasteiger partial charge in [0, 0.05) is 19.1 Å². The minimum absolute atomic E-state index is 0.00687. The molecule has 0 aromatic rings. The minimum atomic E-state index is -0.00687. The highest BCUT2D eigenvalue weighted by molar-refractivity contribution is 5.84. The first kappa shape index (κ1) is 13.8. The second-order valence-corrected chi connectivity index (χ2v) is 5.93. The molecule has 18 heavy (non-hydrogen) atoms. The van der Waals surface area contributed by atoms with Crippen molar-refractivity contribution >= 4 is 5.91 Å². The summed E-state index contributed by atoms with van der Waals surface area (Å²) in [5.74, 6) is 1.13. The van der Waals surface area contributed by atoms with Crippen LogP contribution in [-0.4, -0.2) is 42.3 Å². The second-order valence-electron chi connectivity index (χ2n) is 5.93. The van der Waals surface area contributed by atoms with E-state index in [2.05, 4.69) is 33.0 Å². The maximum absolute atomic E-state index is 12.4. The largest absolute Gasteiger partial charge is 0.378 e. The van der Waals surface area contributed by atoms with Crippen molar-refractivity contribution < 1.29 is 9.53 Å². The summed E-state index contributed by atoms with van der Waals surface area (Å²) in [5.41, 5.74) is 0. The molecule has 0 aliphatic carbocycles. The summed E-state index contributed by atoms with van der Waals surface area (Å²) in [6.07, 6.45) is 2.54. The van der Waals surface area contributed by atoms with Crippen molar-refractivity contribution in [3.8, 4) is 0 Å². The number of amides is 1. The van der Waals surface area contributed by atoms with Gasteiger partial charge in [-0.2, -0.15) is 0 Å². The lowest BCUT2D eigenvalue weighted by Crippen LogP contribution is -2.41. The van der Waals surface area contributed by atoms with E-state index < -0.39 is 0 Å². The van der Waals surface area contributed by atoms with Crippen LogP contribution in [0.3, 0.4) is 0 Å². The van der Waals surface area contributed by atoms with Gasteiger partial charge in [0.1, 0.15) is 0 Å². The van der Waals surface area contributed by atoms with E-state index >= 15 is 0 Å². The number of hydrogen-bond acceptors (Lipinski definition) is 3. The third-order valence-electron chi connectivity index (χ3n) is 4.32. The summed E-state index contributed by atoms with van der Waals surface area (Å²) >= 11 is 0. The van der Waals surface area contributed by atoms with E-state index in [1.807, 2.05) is 4.90 Å². The van der Waals surface area contributed by atoms with Crippen molar-refractivity contribution in [3.63, 3.8) is 0 Å². The number of nitrogens with zero attached hydrogens (tertiary/aromatic N) is 1. The lowest BCUT2D eigenvalue weighted by molar-refractivity contribution is -0.131. The standard InChI is InChI=1S/C14H26N2O2/c1-5-12-15-13(9(2)3)14(17)16(12)8-11-6-7-18-10(11)4/h9-13,15H,5-8H2,1-4H3. The Morgan fingerprint density at radius 2 is 2.22 bits per heavy atom. The van der Waals surface area contributed by atoms with E-state index in [-0.39, 0.29) is 24.2 Å². The SMILES string of the molecule is CCC1NC(C(C)C)C(=O)N1CC1CCOC1C. The summed E-state index contributed by atoms with van der Waals surface area (Å²) in [4.78, 5) is 14.5. The van der Waals surface area contributed by atoms with Gasteiger partial charge in [-0.15, -0.1) is 0 Å². The van der Waals surface area contributed by atoms with E-state index in [1.165, 1.54) is 0 Å². The molecule has 2 fully saturated rings. The van der Waals surface area contributed by atoms with Crippen LogP contribution in [0.1, 0.15) is 40.5 Å². The van der Waals surface area contributed by atoms with E-state index in [4.69, 9.17) is 4.74 Å². The fraction of sp³-hybridized carbons (Fsp3) is 0.929. The number of hydrogen-bond donors (Lipinski definition) is 1. The zero-order valence-electron chi connectivity index (χ0n) is 12.0. The molecule has 2 aliphatic rings. The molecule has 0 aromatic heterocycles. The molecule has 0 bridgehead atoms. The highest BCUT2D eigenvalue weighted by Crippen LogP contribution is 2.26. The van der Waals surface area contributed by atoms with Crippen LogP contribution in [0.2, 0.25) is 0 Å². The topological polar surface area (TPSA) is 41.6 Å². The molecule has 4 nitrogen and oxygen atoms in total. The first-order valence-corrected chi connectivity index (χ1v) is 7.22. The smallest absolute Gasteiger partial charge is 0.241 e. The van der Waals surface area contributed by atoms with Crippen LogP contribution in [0.5, 0.6) is 0 Å². The van der Waals surface area contributed by atoms with Crippen LogP contribution in [0.25, 0.3) is 0 Å². The molecule has 104 valence electrons. The Morgan fingerprint density at radius 1 is 1.50 bits per heavy atom. The van der Waals surface area contributed by atoms with Crippen molar-refractivity contribution in [2.45, 2.75) is 58.8 Å². The average Bonchev–Trinajstić information content (AvgIpc) is 2.86. The second kappa shape index (κ2) is 5.57. The molecule has 4 atom stereocenters. The van der Waals surface area contributed by atoms with Gasteiger partial charge in [-0.05, 0) is 25.7 Å². The third-order valence-corrected chi connectivity index (χ3v) is 4.32.